The lowest BCUT2D eigenvalue weighted by Crippen LogP contribution is -2.38. The number of halogens is 1. The second-order valence-corrected chi connectivity index (χ2v) is 4.95. The lowest BCUT2D eigenvalue weighted by atomic mass is 10.0. The first-order valence-electron chi connectivity index (χ1n) is 7.47. The van der Waals surface area contributed by atoms with Crippen molar-refractivity contribution < 1.29 is 18.7 Å². The number of carbonyl (C=O) groups is 1. The molecule has 0 atom stereocenters. The van der Waals surface area contributed by atoms with Gasteiger partial charge in [0.15, 0.2) is 6.29 Å². The van der Waals surface area contributed by atoms with Crippen LogP contribution < -0.4 is 4.90 Å². The van der Waals surface area contributed by atoms with Crippen LogP contribution in [0.3, 0.4) is 0 Å². The zero-order valence-corrected chi connectivity index (χ0v) is 12.6. The van der Waals surface area contributed by atoms with Crippen LogP contribution in [0.25, 0.3) is 0 Å². The van der Waals surface area contributed by atoms with Gasteiger partial charge in [-0.15, -0.1) is 0 Å². The predicted octanol–water partition coefficient (Wildman–Crippen LogP) is 2.89. The molecule has 0 saturated carbocycles. The van der Waals surface area contributed by atoms with Gasteiger partial charge in [0.1, 0.15) is 5.82 Å². The first kappa shape index (κ1) is 15.9. The molecular formula is C16H22FNO3. The van der Waals surface area contributed by atoms with Crippen molar-refractivity contribution in [2.75, 3.05) is 24.7 Å². The standard InChI is InChI=1S/C16H22FNO3/c1-3-20-16(21-4-2)9-10-18-14-7-6-13(17)11-12(14)5-8-15(18)19/h6-7,11,16H,3-5,8-10H2,1-2H3. The van der Waals surface area contributed by atoms with Crippen LogP contribution >= 0.6 is 0 Å². The monoisotopic (exact) mass is 295 g/mol. The fourth-order valence-corrected chi connectivity index (χ4v) is 2.59. The number of nitrogens with zero attached hydrogens (tertiary/aromatic N) is 1. The number of amides is 1. The van der Waals surface area contributed by atoms with Crippen LogP contribution in [0.1, 0.15) is 32.3 Å². The molecule has 0 unspecified atom stereocenters. The van der Waals surface area contributed by atoms with Crippen LogP contribution in [0, 0.1) is 5.82 Å². The SMILES string of the molecule is CCOC(CCN1C(=O)CCc2cc(F)ccc21)OCC. The van der Waals surface area contributed by atoms with Crippen LogP contribution in [0.5, 0.6) is 0 Å². The second kappa shape index (κ2) is 7.52. The van der Waals surface area contributed by atoms with Gasteiger partial charge in [0.05, 0.1) is 0 Å². The van der Waals surface area contributed by atoms with E-state index in [1.165, 1.54) is 12.1 Å². The van der Waals surface area contributed by atoms with E-state index in [-0.39, 0.29) is 18.0 Å². The Morgan fingerprint density at radius 1 is 1.24 bits per heavy atom. The molecule has 0 saturated heterocycles. The van der Waals surface area contributed by atoms with Crippen molar-refractivity contribution in [3.63, 3.8) is 0 Å². The van der Waals surface area contributed by atoms with Gasteiger partial charge in [-0.3, -0.25) is 4.79 Å². The molecule has 0 aliphatic carbocycles. The van der Waals surface area contributed by atoms with Crippen molar-refractivity contribution in [1.29, 1.82) is 0 Å². The number of hydrogen-bond donors (Lipinski definition) is 0. The Hall–Kier alpha value is -1.46. The second-order valence-electron chi connectivity index (χ2n) is 4.95. The summed E-state index contributed by atoms with van der Waals surface area (Å²) >= 11 is 0. The van der Waals surface area contributed by atoms with Crippen LogP contribution in [-0.4, -0.2) is 32.0 Å². The maximum atomic E-state index is 13.3. The van der Waals surface area contributed by atoms with E-state index < -0.39 is 0 Å². The first-order valence-corrected chi connectivity index (χ1v) is 7.47. The fraction of sp³-hybridized carbons (Fsp3) is 0.562. The molecule has 2 rings (SSSR count). The summed E-state index contributed by atoms with van der Waals surface area (Å²) < 4.78 is 24.3. The highest BCUT2D eigenvalue weighted by Crippen LogP contribution is 2.28. The largest absolute Gasteiger partial charge is 0.353 e. The summed E-state index contributed by atoms with van der Waals surface area (Å²) in [6.07, 6.45) is 1.32. The normalized spacial score (nSPS) is 14.7. The van der Waals surface area contributed by atoms with Gasteiger partial charge in [-0.2, -0.15) is 0 Å². The van der Waals surface area contributed by atoms with Crippen molar-refractivity contribution in [2.45, 2.75) is 39.4 Å². The van der Waals surface area contributed by atoms with Crippen LogP contribution in [0.15, 0.2) is 18.2 Å². The number of fused-ring (bicyclic) bond motifs is 1. The Morgan fingerprint density at radius 2 is 1.95 bits per heavy atom. The molecule has 4 nitrogen and oxygen atoms in total. The van der Waals surface area contributed by atoms with Crippen molar-refractivity contribution in [1.82, 2.24) is 0 Å². The maximum absolute atomic E-state index is 13.3. The van der Waals surface area contributed by atoms with Crippen LogP contribution in [0.2, 0.25) is 0 Å². The van der Waals surface area contributed by atoms with Crippen LogP contribution in [0.4, 0.5) is 10.1 Å². The minimum absolute atomic E-state index is 0.0702. The third kappa shape index (κ3) is 4.02. The van der Waals surface area contributed by atoms with Gasteiger partial charge >= 0.3 is 0 Å². The number of anilines is 1. The van der Waals surface area contributed by atoms with Gasteiger partial charge in [-0.05, 0) is 44.0 Å². The van der Waals surface area contributed by atoms with E-state index in [2.05, 4.69) is 0 Å². The summed E-state index contributed by atoms with van der Waals surface area (Å²) in [7, 11) is 0. The minimum atomic E-state index is -0.307. The lowest BCUT2D eigenvalue weighted by Gasteiger charge is -2.30. The van der Waals surface area contributed by atoms with E-state index in [9.17, 15) is 9.18 Å². The van der Waals surface area contributed by atoms with E-state index in [0.29, 0.717) is 39.0 Å². The van der Waals surface area contributed by atoms with E-state index >= 15 is 0 Å². The average molecular weight is 295 g/mol. The Bertz CT molecular complexity index is 486. The lowest BCUT2D eigenvalue weighted by molar-refractivity contribution is -0.138. The summed E-state index contributed by atoms with van der Waals surface area (Å²) in [4.78, 5) is 13.8. The predicted molar refractivity (Wildman–Crippen MR) is 78.7 cm³/mol. The van der Waals surface area contributed by atoms with Gasteiger partial charge in [0.2, 0.25) is 5.91 Å². The van der Waals surface area contributed by atoms with Crippen molar-refractivity contribution in [3.8, 4) is 0 Å². The molecule has 0 spiro atoms. The van der Waals surface area contributed by atoms with Crippen LogP contribution in [-0.2, 0) is 20.7 Å². The topological polar surface area (TPSA) is 38.8 Å². The summed E-state index contributed by atoms with van der Waals surface area (Å²) in [6.45, 7) is 5.48. The molecule has 0 radical (unpaired) electrons. The van der Waals surface area contributed by atoms with Gasteiger partial charge < -0.3 is 14.4 Å². The zero-order valence-electron chi connectivity index (χ0n) is 12.6. The molecule has 0 aromatic heterocycles. The number of benzene rings is 1. The molecule has 1 amide bonds. The Morgan fingerprint density at radius 3 is 2.62 bits per heavy atom. The van der Waals surface area contributed by atoms with Gasteiger partial charge in [0.25, 0.3) is 0 Å². The molecule has 1 heterocycles. The van der Waals surface area contributed by atoms with Gasteiger partial charge in [-0.25, -0.2) is 4.39 Å². The van der Waals surface area contributed by atoms with Gasteiger partial charge in [0, 0.05) is 38.3 Å². The maximum Gasteiger partial charge on any atom is 0.227 e. The third-order valence-corrected chi connectivity index (χ3v) is 3.54. The van der Waals surface area contributed by atoms with Crippen molar-refractivity contribution in [2.24, 2.45) is 0 Å². The number of hydrogen-bond acceptors (Lipinski definition) is 3. The fourth-order valence-electron chi connectivity index (χ4n) is 2.59. The third-order valence-electron chi connectivity index (χ3n) is 3.54. The highest BCUT2D eigenvalue weighted by Gasteiger charge is 2.25. The van der Waals surface area contributed by atoms with Gasteiger partial charge in [-0.1, -0.05) is 0 Å². The smallest absolute Gasteiger partial charge is 0.227 e. The molecule has 0 fully saturated rings. The Kier molecular flexibility index (Phi) is 5.70. The first-order chi connectivity index (χ1) is 10.2. The molecule has 1 aromatic carbocycles. The summed E-state index contributed by atoms with van der Waals surface area (Å²) in [6, 6.07) is 4.59. The Labute approximate surface area is 124 Å². The highest BCUT2D eigenvalue weighted by molar-refractivity contribution is 5.96. The van der Waals surface area contributed by atoms with E-state index in [0.717, 1.165) is 11.3 Å². The molecule has 0 N–H and O–H groups in total. The quantitative estimate of drug-likeness (QED) is 0.726. The number of carbonyl (C=O) groups excluding carboxylic acids is 1. The number of aryl methyl sites for hydroxylation is 1. The average Bonchev–Trinajstić information content (AvgIpc) is 2.46. The van der Waals surface area contributed by atoms with E-state index in [1.54, 1.807) is 11.0 Å². The molecule has 1 aliphatic rings. The summed E-state index contributed by atoms with van der Waals surface area (Å²) in [5.74, 6) is -0.189. The summed E-state index contributed by atoms with van der Waals surface area (Å²) in [5, 5.41) is 0. The molecule has 116 valence electrons. The molecule has 1 aromatic rings. The molecule has 5 heteroatoms. The summed E-state index contributed by atoms with van der Waals surface area (Å²) in [5.41, 5.74) is 1.69. The number of ether oxygens (including phenoxy) is 2. The van der Waals surface area contributed by atoms with E-state index in [4.69, 9.17) is 9.47 Å². The highest BCUT2D eigenvalue weighted by atomic mass is 19.1. The Balaban J connectivity index is 2.07. The molecule has 1 aliphatic heterocycles. The van der Waals surface area contributed by atoms with E-state index in [1.807, 2.05) is 13.8 Å². The van der Waals surface area contributed by atoms with Crippen molar-refractivity contribution in [3.05, 3.63) is 29.6 Å². The minimum Gasteiger partial charge on any atom is -0.353 e. The zero-order chi connectivity index (χ0) is 15.2. The molecule has 21 heavy (non-hydrogen) atoms. The molecule has 0 bridgehead atoms. The number of rotatable bonds is 7. The van der Waals surface area contributed by atoms with Crippen molar-refractivity contribution >= 4 is 11.6 Å². The molecular weight excluding hydrogens is 273 g/mol.